The maximum atomic E-state index is 13.9. The van der Waals surface area contributed by atoms with Gasteiger partial charge in [-0.3, -0.25) is 14.1 Å². The van der Waals surface area contributed by atoms with Crippen molar-refractivity contribution in [3.63, 3.8) is 0 Å². The van der Waals surface area contributed by atoms with Crippen LogP contribution in [0.25, 0.3) is 28.2 Å². The molecule has 3 heterocycles. The topological polar surface area (TPSA) is 132 Å². The first-order valence-electron chi connectivity index (χ1n) is 13.3. The van der Waals surface area contributed by atoms with Crippen LogP contribution in [0.4, 0.5) is 0 Å². The Morgan fingerprint density at radius 1 is 1.05 bits per heavy atom. The molecule has 0 saturated carbocycles. The fourth-order valence-electron chi connectivity index (χ4n) is 4.93. The lowest BCUT2D eigenvalue weighted by atomic mass is 9.97. The minimum absolute atomic E-state index is 0.0354. The fraction of sp³-hybridized carbons (Fsp3) is 0.267. The summed E-state index contributed by atoms with van der Waals surface area (Å²) in [5.74, 6) is -0.533. The number of benzene rings is 2. The largest absolute Gasteiger partial charge is 0.478 e. The number of carboxylic acids is 1. The van der Waals surface area contributed by atoms with Gasteiger partial charge in [-0.05, 0) is 47.2 Å². The molecule has 0 unspecified atom stereocenters. The number of unbranched alkanes of at least 4 members (excludes halogenated alkanes) is 1. The SMILES string of the molecule is CCCCc1cn(-c2c(C(=O)O)cccc2C(C)C)c(=O)n1Cc1ccc(-c2ccccc2-c2nn[nH]n2)cn1. The minimum Gasteiger partial charge on any atom is -0.478 e. The van der Waals surface area contributed by atoms with Gasteiger partial charge in [0.05, 0.1) is 23.5 Å². The summed E-state index contributed by atoms with van der Waals surface area (Å²) >= 11 is 0. The number of nitrogens with one attached hydrogen (secondary N) is 1. The van der Waals surface area contributed by atoms with E-state index >= 15 is 0 Å². The molecule has 5 aromatic rings. The Balaban J connectivity index is 1.54. The van der Waals surface area contributed by atoms with E-state index in [0.29, 0.717) is 23.6 Å². The third kappa shape index (κ3) is 5.20. The van der Waals surface area contributed by atoms with Crippen molar-refractivity contribution >= 4 is 5.97 Å². The number of hydrogen-bond acceptors (Lipinski definition) is 6. The molecule has 2 N–H and O–H groups in total. The van der Waals surface area contributed by atoms with Crippen molar-refractivity contribution < 1.29 is 9.90 Å². The first-order valence-corrected chi connectivity index (χ1v) is 13.3. The van der Waals surface area contributed by atoms with Crippen molar-refractivity contribution in [3.05, 3.63) is 100.0 Å². The Morgan fingerprint density at radius 3 is 2.50 bits per heavy atom. The lowest BCUT2D eigenvalue weighted by Gasteiger charge is -2.15. The third-order valence-electron chi connectivity index (χ3n) is 6.98. The van der Waals surface area contributed by atoms with E-state index in [9.17, 15) is 14.7 Å². The Labute approximate surface area is 231 Å². The van der Waals surface area contributed by atoms with Gasteiger partial charge in [-0.25, -0.2) is 9.59 Å². The van der Waals surface area contributed by atoms with Gasteiger partial charge in [-0.15, -0.1) is 10.2 Å². The number of pyridine rings is 1. The first kappa shape index (κ1) is 26.7. The molecule has 40 heavy (non-hydrogen) atoms. The molecule has 5 rings (SSSR count). The van der Waals surface area contributed by atoms with Crippen LogP contribution in [0.5, 0.6) is 0 Å². The second kappa shape index (κ2) is 11.5. The Kier molecular flexibility index (Phi) is 7.68. The second-order valence-corrected chi connectivity index (χ2v) is 9.99. The lowest BCUT2D eigenvalue weighted by Crippen LogP contribution is -2.27. The summed E-state index contributed by atoms with van der Waals surface area (Å²) < 4.78 is 3.20. The van der Waals surface area contributed by atoms with Gasteiger partial charge < -0.3 is 5.11 Å². The van der Waals surface area contributed by atoms with E-state index in [1.165, 1.54) is 4.57 Å². The highest BCUT2D eigenvalue weighted by atomic mass is 16.4. The van der Waals surface area contributed by atoms with Crippen LogP contribution in [0.15, 0.2) is 71.8 Å². The van der Waals surface area contributed by atoms with Crippen molar-refractivity contribution in [2.45, 2.75) is 52.5 Å². The standard InChI is InChI=1S/C30H31N7O3/c1-4-5-9-22-18-37(27-23(19(2)3)12-8-13-26(27)29(38)39)30(40)36(22)17-21-15-14-20(16-31-21)24-10-6-7-11-25(24)28-32-34-35-33-28/h6-8,10-16,18-19H,4-5,9,17H2,1-3H3,(H,38,39)(H,32,33,34,35). The van der Waals surface area contributed by atoms with Gasteiger partial charge in [0.2, 0.25) is 5.82 Å². The van der Waals surface area contributed by atoms with Crippen molar-refractivity contribution in [1.82, 2.24) is 34.7 Å². The molecule has 10 nitrogen and oxygen atoms in total. The van der Waals surface area contributed by atoms with Gasteiger partial charge in [0, 0.05) is 29.2 Å². The molecule has 2 aromatic carbocycles. The van der Waals surface area contributed by atoms with Crippen molar-refractivity contribution in [2.75, 3.05) is 0 Å². The molecule has 0 fully saturated rings. The van der Waals surface area contributed by atoms with E-state index in [-0.39, 0.29) is 23.7 Å². The van der Waals surface area contributed by atoms with Crippen LogP contribution in [0.1, 0.15) is 66.8 Å². The quantitative estimate of drug-likeness (QED) is 0.253. The molecule has 3 aromatic heterocycles. The highest BCUT2D eigenvalue weighted by Crippen LogP contribution is 2.30. The Bertz CT molecular complexity index is 1680. The number of nitrogens with zero attached hydrogens (tertiary/aromatic N) is 6. The van der Waals surface area contributed by atoms with E-state index in [1.807, 2.05) is 56.3 Å². The van der Waals surface area contributed by atoms with Gasteiger partial charge in [-0.2, -0.15) is 5.21 Å². The summed E-state index contributed by atoms with van der Waals surface area (Å²) in [5.41, 5.74) is 5.25. The molecule has 10 heteroatoms. The molecule has 0 atom stereocenters. The number of H-pyrrole nitrogens is 1. The fourth-order valence-corrected chi connectivity index (χ4v) is 4.93. The monoisotopic (exact) mass is 537 g/mol. The first-order chi connectivity index (χ1) is 19.4. The number of aromatic carboxylic acids is 1. The number of aromatic amines is 1. The van der Waals surface area contributed by atoms with Crippen LogP contribution in [0.2, 0.25) is 0 Å². The molecule has 0 bridgehead atoms. The van der Waals surface area contributed by atoms with Crippen molar-refractivity contribution in [3.8, 4) is 28.2 Å². The second-order valence-electron chi connectivity index (χ2n) is 9.99. The number of carboxylic acid groups (broad SMARTS) is 1. The number of hydrogen-bond donors (Lipinski definition) is 2. The summed E-state index contributed by atoms with van der Waals surface area (Å²) in [4.78, 5) is 30.7. The van der Waals surface area contributed by atoms with Crippen LogP contribution >= 0.6 is 0 Å². The molecule has 0 amide bonds. The van der Waals surface area contributed by atoms with Crippen LogP contribution in [0, 0.1) is 0 Å². The number of para-hydroxylation sites is 1. The zero-order chi connectivity index (χ0) is 28.2. The number of imidazole rings is 1. The Morgan fingerprint density at radius 2 is 1.85 bits per heavy atom. The Hall–Kier alpha value is -4.86. The van der Waals surface area contributed by atoms with Gasteiger partial charge >= 0.3 is 11.7 Å². The zero-order valence-corrected chi connectivity index (χ0v) is 22.7. The van der Waals surface area contributed by atoms with Crippen LogP contribution in [-0.4, -0.2) is 45.8 Å². The minimum atomic E-state index is -1.06. The number of aryl methyl sites for hydroxylation is 1. The molecular formula is C30H31N7O3. The molecule has 204 valence electrons. The van der Waals surface area contributed by atoms with Crippen LogP contribution < -0.4 is 5.69 Å². The molecule has 0 saturated heterocycles. The van der Waals surface area contributed by atoms with Crippen molar-refractivity contribution in [2.24, 2.45) is 0 Å². The summed E-state index contributed by atoms with van der Waals surface area (Å²) in [6.45, 7) is 6.35. The lowest BCUT2D eigenvalue weighted by molar-refractivity contribution is 0.0696. The molecule has 0 aliphatic carbocycles. The number of carbonyl (C=O) groups is 1. The number of aromatic nitrogens is 7. The summed E-state index contributed by atoms with van der Waals surface area (Å²) in [7, 11) is 0. The van der Waals surface area contributed by atoms with Gasteiger partial charge in [-0.1, -0.05) is 69.7 Å². The van der Waals surface area contributed by atoms with E-state index in [4.69, 9.17) is 0 Å². The number of tetrazole rings is 1. The van der Waals surface area contributed by atoms with Crippen LogP contribution in [-0.2, 0) is 13.0 Å². The van der Waals surface area contributed by atoms with Gasteiger partial charge in [0.25, 0.3) is 0 Å². The highest BCUT2D eigenvalue weighted by Gasteiger charge is 2.22. The molecular weight excluding hydrogens is 506 g/mol. The van der Waals surface area contributed by atoms with Crippen molar-refractivity contribution in [1.29, 1.82) is 0 Å². The van der Waals surface area contributed by atoms with E-state index in [0.717, 1.165) is 40.8 Å². The van der Waals surface area contributed by atoms with E-state index in [1.54, 1.807) is 29.1 Å². The summed E-state index contributed by atoms with van der Waals surface area (Å²) in [5, 5.41) is 24.3. The predicted octanol–water partition coefficient (Wildman–Crippen LogP) is 5.09. The van der Waals surface area contributed by atoms with Crippen LogP contribution in [0.3, 0.4) is 0 Å². The molecule has 0 aliphatic rings. The van der Waals surface area contributed by atoms with Gasteiger partial charge in [0.15, 0.2) is 0 Å². The summed E-state index contributed by atoms with van der Waals surface area (Å²) in [6.07, 6.45) is 6.14. The average Bonchev–Trinajstić information content (AvgIpc) is 3.61. The molecule has 0 spiro atoms. The highest BCUT2D eigenvalue weighted by molar-refractivity contribution is 5.92. The van der Waals surface area contributed by atoms with E-state index in [2.05, 4.69) is 32.5 Å². The molecule has 0 aliphatic heterocycles. The smallest absolute Gasteiger partial charge is 0.337 e. The van der Waals surface area contributed by atoms with Gasteiger partial charge in [0.1, 0.15) is 0 Å². The third-order valence-corrected chi connectivity index (χ3v) is 6.98. The summed E-state index contributed by atoms with van der Waals surface area (Å²) in [6, 6.07) is 16.8. The average molecular weight is 538 g/mol. The maximum absolute atomic E-state index is 13.9. The molecule has 0 radical (unpaired) electrons. The normalized spacial score (nSPS) is 11.3. The maximum Gasteiger partial charge on any atom is 0.337 e. The number of rotatable bonds is 10. The zero-order valence-electron chi connectivity index (χ0n) is 22.7. The van der Waals surface area contributed by atoms with E-state index < -0.39 is 5.97 Å². The predicted molar refractivity (Wildman–Crippen MR) is 152 cm³/mol.